The monoisotopic (exact) mass is 271 g/mol. The molecule has 0 spiro atoms. The van der Waals surface area contributed by atoms with Gasteiger partial charge in [0.25, 0.3) is 0 Å². The molecule has 17 heavy (non-hydrogen) atoms. The van der Waals surface area contributed by atoms with Gasteiger partial charge in [0.05, 0.1) is 11.6 Å². The van der Waals surface area contributed by atoms with Crippen LogP contribution in [0.1, 0.15) is 16.7 Å². The Morgan fingerprint density at radius 3 is 2.94 bits per heavy atom. The van der Waals surface area contributed by atoms with Crippen LogP contribution in [0.2, 0.25) is 5.02 Å². The standard InChI is InChI=1S/C10H10ClN3O2S/c1-3-16-10(15)9(13-14-12)5-7-4-8(11)6(2)17-7/h4-5H,3H2,1-2H3/b9-5-. The van der Waals surface area contributed by atoms with Crippen molar-refractivity contribution in [2.24, 2.45) is 5.11 Å². The minimum atomic E-state index is -0.646. The molecule has 1 aromatic heterocycles. The Kier molecular flexibility index (Phi) is 5.03. The van der Waals surface area contributed by atoms with Gasteiger partial charge < -0.3 is 4.74 Å². The number of nitrogens with zero attached hydrogens (tertiary/aromatic N) is 3. The van der Waals surface area contributed by atoms with Gasteiger partial charge in [0, 0.05) is 14.7 Å². The van der Waals surface area contributed by atoms with E-state index >= 15 is 0 Å². The van der Waals surface area contributed by atoms with Crippen LogP contribution in [0.15, 0.2) is 16.9 Å². The molecule has 0 amide bonds. The van der Waals surface area contributed by atoms with E-state index in [2.05, 4.69) is 10.0 Å². The lowest BCUT2D eigenvalue weighted by atomic mass is 10.3. The fraction of sp³-hybridized carbons (Fsp3) is 0.300. The van der Waals surface area contributed by atoms with Crippen molar-refractivity contribution in [3.05, 3.63) is 37.0 Å². The highest BCUT2D eigenvalue weighted by atomic mass is 35.5. The number of thiophene rings is 1. The predicted octanol–water partition coefficient (Wildman–Crippen LogP) is 3.92. The Bertz CT molecular complexity index is 484. The summed E-state index contributed by atoms with van der Waals surface area (Å²) in [4.78, 5) is 15.7. The molecule has 0 atom stereocenters. The smallest absolute Gasteiger partial charge is 0.340 e. The summed E-state index contributed by atoms with van der Waals surface area (Å²) in [6, 6.07) is 1.70. The average molecular weight is 272 g/mol. The van der Waals surface area contributed by atoms with Crippen LogP contribution in [0, 0.1) is 6.92 Å². The van der Waals surface area contributed by atoms with Crippen LogP contribution in [-0.4, -0.2) is 12.6 Å². The van der Waals surface area contributed by atoms with E-state index in [4.69, 9.17) is 21.9 Å². The molecule has 1 heterocycles. The molecular formula is C10H10ClN3O2S. The normalized spacial score (nSPS) is 10.9. The summed E-state index contributed by atoms with van der Waals surface area (Å²) in [5.41, 5.74) is 8.30. The van der Waals surface area contributed by atoms with Crippen LogP contribution in [-0.2, 0) is 9.53 Å². The highest BCUT2D eigenvalue weighted by molar-refractivity contribution is 7.13. The summed E-state index contributed by atoms with van der Waals surface area (Å²) in [5, 5.41) is 3.92. The second kappa shape index (κ2) is 6.30. The van der Waals surface area contributed by atoms with Gasteiger partial charge in [-0.3, -0.25) is 0 Å². The molecule has 7 heteroatoms. The topological polar surface area (TPSA) is 75.1 Å². The number of carbonyl (C=O) groups excluding carboxylic acids is 1. The number of aryl methyl sites for hydroxylation is 1. The minimum Gasteiger partial charge on any atom is -0.462 e. The molecule has 1 rings (SSSR count). The molecule has 90 valence electrons. The summed E-state index contributed by atoms with van der Waals surface area (Å²) < 4.78 is 4.77. The van der Waals surface area contributed by atoms with Crippen LogP contribution in [0.4, 0.5) is 0 Å². The minimum absolute atomic E-state index is 0.0766. The maximum absolute atomic E-state index is 11.4. The molecule has 0 aliphatic rings. The zero-order valence-corrected chi connectivity index (χ0v) is 10.9. The van der Waals surface area contributed by atoms with Gasteiger partial charge in [0.1, 0.15) is 5.70 Å². The lowest BCUT2D eigenvalue weighted by Crippen LogP contribution is -2.05. The van der Waals surface area contributed by atoms with Crippen molar-refractivity contribution >= 4 is 35.0 Å². The van der Waals surface area contributed by atoms with Gasteiger partial charge in [-0.15, -0.1) is 11.3 Å². The van der Waals surface area contributed by atoms with E-state index in [-0.39, 0.29) is 12.3 Å². The number of ether oxygens (including phenoxy) is 1. The van der Waals surface area contributed by atoms with E-state index in [0.29, 0.717) is 5.02 Å². The van der Waals surface area contributed by atoms with Crippen LogP contribution in [0.25, 0.3) is 16.5 Å². The number of carbonyl (C=O) groups is 1. The second-order valence-corrected chi connectivity index (χ2v) is 4.69. The van der Waals surface area contributed by atoms with Crippen LogP contribution < -0.4 is 0 Å². The molecule has 1 aromatic rings. The fourth-order valence-electron chi connectivity index (χ4n) is 1.07. The third-order valence-corrected chi connectivity index (χ3v) is 3.29. The molecule has 0 aliphatic heterocycles. The van der Waals surface area contributed by atoms with Crippen molar-refractivity contribution in [1.82, 2.24) is 0 Å². The van der Waals surface area contributed by atoms with Crippen LogP contribution >= 0.6 is 22.9 Å². The third-order valence-electron chi connectivity index (χ3n) is 1.79. The Morgan fingerprint density at radius 2 is 2.47 bits per heavy atom. The summed E-state index contributed by atoms with van der Waals surface area (Å²) in [6.45, 7) is 3.76. The molecule has 0 bridgehead atoms. The fourth-order valence-corrected chi connectivity index (χ4v) is 2.22. The average Bonchev–Trinajstić information content (AvgIpc) is 2.58. The van der Waals surface area contributed by atoms with E-state index < -0.39 is 5.97 Å². The molecular weight excluding hydrogens is 262 g/mol. The van der Waals surface area contributed by atoms with Gasteiger partial charge >= 0.3 is 5.97 Å². The van der Waals surface area contributed by atoms with E-state index in [1.165, 1.54) is 17.4 Å². The van der Waals surface area contributed by atoms with E-state index in [0.717, 1.165) is 9.75 Å². The first-order chi connectivity index (χ1) is 8.08. The largest absolute Gasteiger partial charge is 0.462 e. The van der Waals surface area contributed by atoms with Crippen LogP contribution in [0.3, 0.4) is 0 Å². The molecule has 0 radical (unpaired) electrons. The number of halogens is 1. The molecule has 0 fully saturated rings. The number of rotatable bonds is 4. The summed E-state index contributed by atoms with van der Waals surface area (Å²) >= 11 is 7.30. The SMILES string of the molecule is CCOC(=O)/C(=C/c1cc(Cl)c(C)s1)N=[N+]=[N-]. The number of hydrogen-bond donors (Lipinski definition) is 0. The number of azide groups is 1. The zero-order chi connectivity index (χ0) is 12.8. The molecule has 0 saturated heterocycles. The first-order valence-corrected chi connectivity index (χ1v) is 5.97. The Morgan fingerprint density at radius 1 is 1.76 bits per heavy atom. The molecule has 0 unspecified atom stereocenters. The second-order valence-electron chi connectivity index (χ2n) is 2.99. The number of hydrogen-bond acceptors (Lipinski definition) is 4. The maximum Gasteiger partial charge on any atom is 0.340 e. The number of esters is 1. The molecule has 5 nitrogen and oxygen atoms in total. The van der Waals surface area contributed by atoms with Crippen molar-refractivity contribution in [1.29, 1.82) is 0 Å². The molecule has 0 saturated carbocycles. The summed E-state index contributed by atoms with van der Waals surface area (Å²) in [6.07, 6.45) is 1.46. The van der Waals surface area contributed by atoms with Crippen LogP contribution in [0.5, 0.6) is 0 Å². The lowest BCUT2D eigenvalue weighted by Gasteiger charge is -1.99. The van der Waals surface area contributed by atoms with Gasteiger partial charge in [0.15, 0.2) is 0 Å². The van der Waals surface area contributed by atoms with Gasteiger partial charge in [0.2, 0.25) is 0 Å². The van der Waals surface area contributed by atoms with Gasteiger partial charge in [-0.25, -0.2) is 4.79 Å². The molecule has 0 aromatic carbocycles. The van der Waals surface area contributed by atoms with E-state index in [1.54, 1.807) is 13.0 Å². The third kappa shape index (κ3) is 3.78. The molecule has 0 aliphatic carbocycles. The highest BCUT2D eigenvalue weighted by Gasteiger charge is 2.10. The summed E-state index contributed by atoms with van der Waals surface area (Å²) in [7, 11) is 0. The maximum atomic E-state index is 11.4. The van der Waals surface area contributed by atoms with Crippen molar-refractivity contribution in [2.75, 3.05) is 6.61 Å². The molecule has 0 N–H and O–H groups in total. The Balaban J connectivity index is 3.05. The van der Waals surface area contributed by atoms with Crippen molar-refractivity contribution < 1.29 is 9.53 Å². The van der Waals surface area contributed by atoms with Gasteiger partial charge in [-0.1, -0.05) is 16.7 Å². The highest BCUT2D eigenvalue weighted by Crippen LogP contribution is 2.27. The van der Waals surface area contributed by atoms with Crippen molar-refractivity contribution in [3.63, 3.8) is 0 Å². The first-order valence-electron chi connectivity index (χ1n) is 4.78. The summed E-state index contributed by atoms with van der Waals surface area (Å²) in [5.74, 6) is -0.646. The van der Waals surface area contributed by atoms with Crippen molar-refractivity contribution in [2.45, 2.75) is 13.8 Å². The van der Waals surface area contributed by atoms with Gasteiger partial charge in [-0.05, 0) is 31.5 Å². The first kappa shape index (κ1) is 13.6. The van der Waals surface area contributed by atoms with Gasteiger partial charge in [-0.2, -0.15) is 0 Å². The van der Waals surface area contributed by atoms with E-state index in [1.807, 2.05) is 6.92 Å². The van der Waals surface area contributed by atoms with E-state index in [9.17, 15) is 4.79 Å². The van der Waals surface area contributed by atoms with Crippen molar-refractivity contribution in [3.8, 4) is 0 Å². The Labute approximate surface area is 107 Å². The quantitative estimate of drug-likeness (QED) is 0.274. The lowest BCUT2D eigenvalue weighted by molar-refractivity contribution is -0.138. The zero-order valence-electron chi connectivity index (χ0n) is 9.31. The predicted molar refractivity (Wildman–Crippen MR) is 67.8 cm³/mol. The Hall–Kier alpha value is -1.49.